The van der Waals surface area contributed by atoms with E-state index >= 15 is 0 Å². The Morgan fingerprint density at radius 1 is 1.47 bits per heavy atom. The summed E-state index contributed by atoms with van der Waals surface area (Å²) in [6.07, 6.45) is 2.86. The molecule has 0 bridgehead atoms. The van der Waals surface area contributed by atoms with E-state index in [2.05, 4.69) is 13.5 Å². The zero-order valence-corrected chi connectivity index (χ0v) is 9.69. The van der Waals surface area contributed by atoms with E-state index in [4.69, 9.17) is 9.47 Å². The van der Waals surface area contributed by atoms with Gasteiger partial charge in [0.25, 0.3) is 0 Å². The van der Waals surface area contributed by atoms with Crippen LogP contribution in [0, 0.1) is 5.41 Å². The number of hydrogen-bond donors (Lipinski definition) is 1. The van der Waals surface area contributed by atoms with Gasteiger partial charge in [0.1, 0.15) is 6.10 Å². The molecule has 15 heavy (non-hydrogen) atoms. The zero-order valence-electron chi connectivity index (χ0n) is 9.69. The van der Waals surface area contributed by atoms with Crippen LogP contribution in [0.5, 0.6) is 0 Å². The Morgan fingerprint density at radius 3 is 2.67 bits per heavy atom. The number of aliphatic hydroxyl groups is 1. The van der Waals surface area contributed by atoms with Crippen molar-refractivity contribution in [1.82, 2.24) is 0 Å². The Morgan fingerprint density at radius 2 is 2.13 bits per heavy atom. The summed E-state index contributed by atoms with van der Waals surface area (Å²) in [4.78, 5) is 0. The first-order valence-electron chi connectivity index (χ1n) is 5.61. The summed E-state index contributed by atoms with van der Waals surface area (Å²) in [5.41, 5.74) is -0.127. The topological polar surface area (TPSA) is 38.7 Å². The smallest absolute Gasteiger partial charge is 0.163 e. The lowest BCUT2D eigenvalue weighted by molar-refractivity contribution is -0.171. The highest BCUT2D eigenvalue weighted by Crippen LogP contribution is 2.51. The maximum absolute atomic E-state index is 9.98. The average Bonchev–Trinajstić information content (AvgIpc) is 2.61. The fraction of sp³-hybridized carbons (Fsp3) is 0.833. The molecule has 0 amide bonds. The van der Waals surface area contributed by atoms with Crippen LogP contribution in [0.2, 0.25) is 0 Å². The third kappa shape index (κ3) is 1.53. The van der Waals surface area contributed by atoms with Gasteiger partial charge < -0.3 is 14.6 Å². The molecule has 4 atom stereocenters. The lowest BCUT2D eigenvalue weighted by Gasteiger charge is -2.30. The van der Waals surface area contributed by atoms with Crippen LogP contribution in [0.4, 0.5) is 0 Å². The molecule has 1 heterocycles. The van der Waals surface area contributed by atoms with Crippen molar-refractivity contribution in [2.75, 3.05) is 0 Å². The number of ether oxygens (including phenoxy) is 2. The summed E-state index contributed by atoms with van der Waals surface area (Å²) in [5.74, 6) is -0.583. The van der Waals surface area contributed by atoms with Crippen molar-refractivity contribution in [2.24, 2.45) is 5.41 Å². The first kappa shape index (κ1) is 11.1. The summed E-state index contributed by atoms with van der Waals surface area (Å²) < 4.78 is 11.6. The van der Waals surface area contributed by atoms with Gasteiger partial charge in [-0.3, -0.25) is 0 Å². The molecule has 1 saturated heterocycles. The molecule has 2 aliphatic rings. The van der Waals surface area contributed by atoms with Crippen molar-refractivity contribution < 1.29 is 14.6 Å². The molecule has 0 unspecified atom stereocenters. The molecule has 0 aromatic heterocycles. The fourth-order valence-electron chi connectivity index (χ4n) is 2.83. The predicted molar refractivity (Wildman–Crippen MR) is 57.4 cm³/mol. The minimum Gasteiger partial charge on any atom is -0.390 e. The molecule has 1 N–H and O–H groups in total. The van der Waals surface area contributed by atoms with Gasteiger partial charge in [-0.05, 0) is 26.7 Å². The quantitative estimate of drug-likeness (QED) is 0.710. The molecule has 0 aromatic carbocycles. The number of fused-ring (bicyclic) bond motifs is 1. The van der Waals surface area contributed by atoms with Crippen molar-refractivity contribution in [3.05, 3.63) is 12.7 Å². The van der Waals surface area contributed by atoms with E-state index in [1.165, 1.54) is 0 Å². The van der Waals surface area contributed by atoms with Crippen molar-refractivity contribution in [1.29, 1.82) is 0 Å². The second-order valence-electron chi connectivity index (χ2n) is 5.08. The SMILES string of the molecule is C=C[C@@]1(CC)C[C@H](O)[C@@H]2OC(C)(C)O[C@@H]21. The van der Waals surface area contributed by atoms with Crippen molar-refractivity contribution >= 4 is 0 Å². The summed E-state index contributed by atoms with van der Waals surface area (Å²) in [5, 5.41) is 9.98. The minimum atomic E-state index is -0.583. The summed E-state index contributed by atoms with van der Waals surface area (Å²) >= 11 is 0. The highest BCUT2D eigenvalue weighted by atomic mass is 16.8. The van der Waals surface area contributed by atoms with Crippen molar-refractivity contribution in [3.63, 3.8) is 0 Å². The molecule has 1 aliphatic heterocycles. The van der Waals surface area contributed by atoms with Crippen LogP contribution in [-0.2, 0) is 9.47 Å². The lowest BCUT2D eigenvalue weighted by atomic mass is 9.81. The fourth-order valence-corrected chi connectivity index (χ4v) is 2.83. The summed E-state index contributed by atoms with van der Waals surface area (Å²) in [7, 11) is 0. The Kier molecular flexibility index (Phi) is 2.45. The Hall–Kier alpha value is -0.380. The van der Waals surface area contributed by atoms with E-state index in [0.29, 0.717) is 6.42 Å². The molecule has 86 valence electrons. The van der Waals surface area contributed by atoms with Crippen LogP contribution in [0.15, 0.2) is 12.7 Å². The van der Waals surface area contributed by atoms with Gasteiger partial charge >= 0.3 is 0 Å². The lowest BCUT2D eigenvalue weighted by Crippen LogP contribution is -2.33. The highest BCUT2D eigenvalue weighted by Gasteiger charge is 2.59. The van der Waals surface area contributed by atoms with Gasteiger partial charge in [0.05, 0.1) is 12.2 Å². The van der Waals surface area contributed by atoms with E-state index < -0.39 is 11.9 Å². The van der Waals surface area contributed by atoms with Crippen LogP contribution >= 0.6 is 0 Å². The largest absolute Gasteiger partial charge is 0.390 e. The first-order valence-corrected chi connectivity index (χ1v) is 5.61. The van der Waals surface area contributed by atoms with Gasteiger partial charge in [-0.2, -0.15) is 0 Å². The molecule has 3 nitrogen and oxygen atoms in total. The molecule has 1 aliphatic carbocycles. The van der Waals surface area contributed by atoms with Crippen molar-refractivity contribution in [2.45, 2.75) is 57.7 Å². The van der Waals surface area contributed by atoms with E-state index in [1.54, 1.807) is 0 Å². The van der Waals surface area contributed by atoms with Crippen LogP contribution in [0.25, 0.3) is 0 Å². The van der Waals surface area contributed by atoms with Gasteiger partial charge in [0, 0.05) is 5.41 Å². The maximum atomic E-state index is 9.98. The Balaban J connectivity index is 2.29. The molecule has 0 radical (unpaired) electrons. The Bertz CT molecular complexity index is 274. The average molecular weight is 212 g/mol. The maximum Gasteiger partial charge on any atom is 0.163 e. The minimum absolute atomic E-state index is 0.0509. The monoisotopic (exact) mass is 212 g/mol. The van der Waals surface area contributed by atoms with Crippen LogP contribution in [0.3, 0.4) is 0 Å². The van der Waals surface area contributed by atoms with E-state index in [-0.39, 0.29) is 17.6 Å². The third-order valence-electron chi connectivity index (χ3n) is 3.73. The first-order chi connectivity index (χ1) is 6.94. The number of hydrogen-bond acceptors (Lipinski definition) is 3. The molecule has 2 rings (SSSR count). The molecular formula is C12H20O3. The summed E-state index contributed by atoms with van der Waals surface area (Å²) in [6, 6.07) is 0. The molecular weight excluding hydrogens is 192 g/mol. The second kappa shape index (κ2) is 3.30. The predicted octanol–water partition coefficient (Wildman–Crippen LogP) is 1.85. The molecule has 1 saturated carbocycles. The standard InChI is InChI=1S/C12H20O3/c1-5-12(6-2)7-8(13)9-10(12)15-11(3,4)14-9/h5,8-10,13H,1,6-7H2,2-4H3/t8-,9-,10-,12+/m0/s1. The normalized spacial score (nSPS) is 47.9. The van der Waals surface area contributed by atoms with Crippen molar-refractivity contribution in [3.8, 4) is 0 Å². The van der Waals surface area contributed by atoms with Crippen LogP contribution in [0.1, 0.15) is 33.6 Å². The molecule has 0 spiro atoms. The van der Waals surface area contributed by atoms with Crippen LogP contribution in [-0.4, -0.2) is 29.2 Å². The van der Waals surface area contributed by atoms with Gasteiger partial charge in [0.15, 0.2) is 5.79 Å². The number of aliphatic hydroxyl groups excluding tert-OH is 1. The Labute approximate surface area is 91.1 Å². The number of rotatable bonds is 2. The van der Waals surface area contributed by atoms with E-state index in [0.717, 1.165) is 6.42 Å². The van der Waals surface area contributed by atoms with Crippen LogP contribution < -0.4 is 0 Å². The molecule has 3 heteroatoms. The van der Waals surface area contributed by atoms with E-state index in [1.807, 2.05) is 19.9 Å². The zero-order chi connectivity index (χ0) is 11.3. The highest BCUT2D eigenvalue weighted by molar-refractivity contribution is 5.13. The van der Waals surface area contributed by atoms with Gasteiger partial charge in [-0.1, -0.05) is 13.0 Å². The third-order valence-corrected chi connectivity index (χ3v) is 3.73. The van der Waals surface area contributed by atoms with Gasteiger partial charge in [-0.25, -0.2) is 0 Å². The van der Waals surface area contributed by atoms with E-state index in [9.17, 15) is 5.11 Å². The summed E-state index contributed by atoms with van der Waals surface area (Å²) in [6.45, 7) is 9.77. The van der Waals surface area contributed by atoms with Gasteiger partial charge in [-0.15, -0.1) is 6.58 Å². The van der Waals surface area contributed by atoms with Gasteiger partial charge in [0.2, 0.25) is 0 Å². The molecule has 2 fully saturated rings. The molecule has 0 aromatic rings. The second-order valence-corrected chi connectivity index (χ2v) is 5.08.